The number of anilines is 1. The van der Waals surface area contributed by atoms with Crippen LogP contribution in [0.5, 0.6) is 0 Å². The van der Waals surface area contributed by atoms with Crippen molar-refractivity contribution in [3.8, 4) is 22.5 Å². The van der Waals surface area contributed by atoms with Gasteiger partial charge in [-0.25, -0.2) is 31.7 Å². The number of hydrogen-bond donors (Lipinski definition) is 6. The van der Waals surface area contributed by atoms with Crippen molar-refractivity contribution in [3.63, 3.8) is 0 Å². The van der Waals surface area contributed by atoms with E-state index in [9.17, 15) is 16.8 Å². The molecule has 0 unspecified atom stereocenters. The number of nitrogen functional groups attached to an aromatic ring is 1. The van der Waals surface area contributed by atoms with Gasteiger partial charge < -0.3 is 16.8 Å². The van der Waals surface area contributed by atoms with Gasteiger partial charge in [0.05, 0.1) is 11.1 Å². The van der Waals surface area contributed by atoms with Crippen LogP contribution in [0.1, 0.15) is 6.42 Å². The van der Waals surface area contributed by atoms with Crippen molar-refractivity contribution in [2.45, 2.75) is 21.8 Å². The summed E-state index contributed by atoms with van der Waals surface area (Å²) in [5.74, 6) is 0.0751. The van der Waals surface area contributed by atoms with Crippen LogP contribution in [0.2, 0.25) is 0 Å². The van der Waals surface area contributed by atoms with Crippen molar-refractivity contribution in [2.75, 3.05) is 25.4 Å². The number of H-pyrrole nitrogens is 1. The molecule has 0 saturated carbocycles. The predicted molar refractivity (Wildman–Crippen MR) is 133 cm³/mol. The summed E-state index contributed by atoms with van der Waals surface area (Å²) in [5.41, 5.74) is 11.1. The van der Waals surface area contributed by atoms with E-state index in [0.29, 0.717) is 25.1 Å². The monoisotopic (exact) mass is 566 g/mol. The largest absolute Gasteiger partial charge is 0.384 e. The number of aromatic amines is 1. The summed E-state index contributed by atoms with van der Waals surface area (Å²) >= 11 is 0. The Kier molecular flexibility index (Phi) is 8.78. The number of nitrogens with one attached hydrogen (secondary N) is 3. The van der Waals surface area contributed by atoms with Crippen LogP contribution in [-0.2, 0) is 20.0 Å². The van der Waals surface area contributed by atoms with E-state index in [4.69, 9.17) is 16.6 Å². The van der Waals surface area contributed by atoms with Gasteiger partial charge in [0.2, 0.25) is 25.9 Å². The van der Waals surface area contributed by atoms with E-state index in [1.165, 1.54) is 18.3 Å². The van der Waals surface area contributed by atoms with Gasteiger partial charge in [-0.2, -0.15) is 5.21 Å². The molecule has 0 bridgehead atoms. The lowest BCUT2D eigenvalue weighted by atomic mass is 10.0. The Morgan fingerprint density at radius 2 is 1.86 bits per heavy atom. The highest BCUT2D eigenvalue weighted by atomic mass is 35.5. The van der Waals surface area contributed by atoms with E-state index in [2.05, 4.69) is 35.6 Å². The number of tetrazole rings is 1. The molecule has 192 valence electrons. The Balaban J connectivity index is 0.00000216. The molecule has 14 nitrogen and oxygen atoms in total. The summed E-state index contributed by atoms with van der Waals surface area (Å²) < 4.78 is 54.9. The minimum Gasteiger partial charge on any atom is -0.384 e. The van der Waals surface area contributed by atoms with Crippen molar-refractivity contribution < 1.29 is 16.8 Å². The summed E-state index contributed by atoms with van der Waals surface area (Å²) in [6, 6.07) is 5.68. The second-order valence-corrected chi connectivity index (χ2v) is 10.7. The number of nitrogens with two attached hydrogens (primary N) is 3. The van der Waals surface area contributed by atoms with Crippen LogP contribution in [0.4, 0.5) is 5.82 Å². The van der Waals surface area contributed by atoms with Crippen molar-refractivity contribution in [1.29, 1.82) is 0 Å². The highest BCUT2D eigenvalue weighted by Gasteiger charge is 2.40. The number of sulfonamides is 2. The Morgan fingerprint density at radius 1 is 1.11 bits per heavy atom. The first kappa shape index (κ1) is 28.8. The molecule has 35 heavy (non-hydrogen) atoms. The van der Waals surface area contributed by atoms with Crippen LogP contribution in [0.15, 0.2) is 40.3 Å². The maximum absolute atomic E-state index is 13.4. The number of benzene rings is 1. The van der Waals surface area contributed by atoms with E-state index < -0.39 is 35.4 Å². The molecule has 1 saturated heterocycles. The molecule has 9 N–H and O–H groups in total. The number of pyridine rings is 1. The number of halogens is 2. The summed E-state index contributed by atoms with van der Waals surface area (Å²) in [7, 11) is -9.00. The van der Waals surface area contributed by atoms with Crippen LogP contribution in [0.25, 0.3) is 22.5 Å². The molecule has 0 amide bonds. The molecule has 1 fully saturated rings. The molecular weight excluding hydrogens is 543 g/mol. The van der Waals surface area contributed by atoms with E-state index in [1.807, 2.05) is 0 Å². The quantitative estimate of drug-likeness (QED) is 0.202. The fraction of sp³-hybridized carbons (Fsp3) is 0.294. The summed E-state index contributed by atoms with van der Waals surface area (Å²) in [6.07, 6.45) is 1.83. The van der Waals surface area contributed by atoms with E-state index >= 15 is 0 Å². The van der Waals surface area contributed by atoms with Crippen LogP contribution in [-0.4, -0.2) is 67.6 Å². The number of aromatic nitrogens is 5. The molecule has 2 aromatic heterocycles. The van der Waals surface area contributed by atoms with Crippen molar-refractivity contribution in [3.05, 3.63) is 30.5 Å². The second kappa shape index (κ2) is 10.7. The summed E-state index contributed by atoms with van der Waals surface area (Å²) in [6.45, 7) is 0.857. The number of rotatable bonds is 7. The van der Waals surface area contributed by atoms with Crippen molar-refractivity contribution >= 4 is 50.7 Å². The first-order chi connectivity index (χ1) is 15.6. The average molecular weight is 567 g/mol. The zero-order chi connectivity index (χ0) is 23.9. The third kappa shape index (κ3) is 5.70. The zero-order valence-corrected chi connectivity index (χ0v) is 21.3. The SMILES string of the molecule is Cl.Cl.NC[C@@]1(NS(=O)(=O)c2ccc(-c3ccc(N)nc3)c(-c3nn[nH]n3)c2S(N)(=O)=O)CCNC1. The van der Waals surface area contributed by atoms with E-state index in [1.54, 1.807) is 6.07 Å². The van der Waals surface area contributed by atoms with Crippen LogP contribution < -0.4 is 26.6 Å². The Hall–Kier alpha value is -2.44. The lowest BCUT2D eigenvalue weighted by Gasteiger charge is -2.28. The average Bonchev–Trinajstić information content (AvgIpc) is 3.45. The Labute approximate surface area is 213 Å². The minimum atomic E-state index is -4.60. The first-order valence-corrected chi connectivity index (χ1v) is 12.7. The van der Waals surface area contributed by atoms with Crippen molar-refractivity contribution in [2.24, 2.45) is 10.9 Å². The van der Waals surface area contributed by atoms with Crippen LogP contribution >= 0.6 is 24.8 Å². The highest BCUT2D eigenvalue weighted by Crippen LogP contribution is 2.39. The van der Waals surface area contributed by atoms with Gasteiger partial charge in [-0.3, -0.25) is 0 Å². The van der Waals surface area contributed by atoms with E-state index in [0.717, 1.165) is 6.07 Å². The van der Waals surface area contributed by atoms with Crippen LogP contribution in [0, 0.1) is 0 Å². The number of primary sulfonamides is 1. The van der Waals surface area contributed by atoms with Gasteiger partial charge in [-0.15, -0.1) is 35.0 Å². The molecule has 18 heteroatoms. The maximum Gasteiger partial charge on any atom is 0.242 e. The molecule has 0 aliphatic carbocycles. The van der Waals surface area contributed by atoms with Gasteiger partial charge in [-0.1, -0.05) is 6.07 Å². The first-order valence-electron chi connectivity index (χ1n) is 9.67. The van der Waals surface area contributed by atoms with Gasteiger partial charge in [0, 0.05) is 24.8 Å². The van der Waals surface area contributed by atoms with Gasteiger partial charge in [0.1, 0.15) is 15.6 Å². The van der Waals surface area contributed by atoms with Gasteiger partial charge in [-0.05, 0) is 41.9 Å². The summed E-state index contributed by atoms with van der Waals surface area (Å²) in [5, 5.41) is 22.0. The van der Waals surface area contributed by atoms with Gasteiger partial charge >= 0.3 is 0 Å². The fourth-order valence-corrected chi connectivity index (χ4v) is 6.78. The summed E-state index contributed by atoms with van der Waals surface area (Å²) in [4.78, 5) is 2.78. The fourth-order valence-electron chi connectivity index (χ4n) is 3.74. The Morgan fingerprint density at radius 3 is 2.37 bits per heavy atom. The Bertz CT molecular complexity index is 1380. The van der Waals surface area contributed by atoms with Crippen molar-refractivity contribution in [1.82, 2.24) is 35.6 Å². The second-order valence-electron chi connectivity index (χ2n) is 7.58. The molecule has 0 spiro atoms. The standard InChI is InChI=1S/C17H22N10O4S2.2ClH/c18-8-17(5-6-21-9-17)25-33(30,31)12-3-2-11(10-1-4-13(19)22-7-10)14(15(12)32(20,28)29)16-23-26-27-24-16;;/h1-4,7,21,25H,5-6,8-9,18H2,(H2,19,22)(H2,20,28,29)(H,23,24,26,27);2*1H/t17-;;/m0../s1. The molecule has 3 heterocycles. The van der Waals surface area contributed by atoms with Crippen LogP contribution in [0.3, 0.4) is 0 Å². The predicted octanol–water partition coefficient (Wildman–Crippen LogP) is -1.03. The van der Waals surface area contributed by atoms with Gasteiger partial charge in [0.25, 0.3) is 0 Å². The molecule has 1 atom stereocenters. The number of hydrogen-bond acceptors (Lipinski definition) is 11. The normalized spacial score (nSPS) is 18.0. The molecule has 3 aromatic rings. The third-order valence-corrected chi connectivity index (χ3v) is 8.09. The topological polar surface area (TPSA) is 238 Å². The molecule has 1 aliphatic heterocycles. The number of nitrogens with zero attached hydrogens (tertiary/aromatic N) is 4. The van der Waals surface area contributed by atoms with Gasteiger partial charge in [0.15, 0.2) is 0 Å². The third-order valence-electron chi connectivity index (χ3n) is 5.35. The highest BCUT2D eigenvalue weighted by molar-refractivity contribution is 7.92. The molecule has 1 aromatic carbocycles. The molecule has 0 radical (unpaired) electrons. The van der Waals surface area contributed by atoms with E-state index in [-0.39, 0.29) is 54.1 Å². The molecular formula is C17H24Cl2N10O4S2. The smallest absolute Gasteiger partial charge is 0.242 e. The maximum atomic E-state index is 13.4. The minimum absolute atomic E-state index is 0. The lowest BCUT2D eigenvalue weighted by Crippen LogP contribution is -2.55. The molecule has 1 aliphatic rings. The lowest BCUT2D eigenvalue weighted by molar-refractivity contribution is 0.422. The molecule has 4 rings (SSSR count). The zero-order valence-electron chi connectivity index (χ0n) is 18.0.